The van der Waals surface area contributed by atoms with Gasteiger partial charge in [-0.1, -0.05) is 31.4 Å². The second-order valence-corrected chi connectivity index (χ2v) is 6.63. The zero-order valence-electron chi connectivity index (χ0n) is 15.1. The third-order valence-corrected chi connectivity index (χ3v) is 4.60. The van der Waals surface area contributed by atoms with E-state index >= 15 is 0 Å². The van der Waals surface area contributed by atoms with Gasteiger partial charge in [0.05, 0.1) is 19.3 Å². The van der Waals surface area contributed by atoms with E-state index < -0.39 is 0 Å². The Morgan fingerprint density at radius 1 is 1.29 bits per heavy atom. The minimum Gasteiger partial charge on any atom is -0.497 e. The molecule has 1 unspecified atom stereocenters. The minimum absolute atomic E-state index is 0.0460. The first-order valence-corrected chi connectivity index (χ1v) is 8.79. The second-order valence-electron chi connectivity index (χ2n) is 6.63. The lowest BCUT2D eigenvalue weighted by atomic mass is 9.98. The number of hydrogen-bond acceptors (Lipinski definition) is 4. The Hall–Kier alpha value is -1.59. The number of carbonyl (C=O) groups is 1. The highest BCUT2D eigenvalue weighted by Crippen LogP contribution is 2.22. The number of nitrogens with one attached hydrogen (secondary N) is 1. The van der Waals surface area contributed by atoms with Crippen molar-refractivity contribution in [2.75, 3.05) is 34.4 Å². The quantitative estimate of drug-likeness (QED) is 0.794. The molecule has 5 nitrogen and oxygen atoms in total. The third-order valence-electron chi connectivity index (χ3n) is 4.60. The van der Waals surface area contributed by atoms with Gasteiger partial charge < -0.3 is 19.7 Å². The lowest BCUT2D eigenvalue weighted by Crippen LogP contribution is -2.37. The van der Waals surface area contributed by atoms with E-state index in [9.17, 15) is 4.79 Å². The second kappa shape index (κ2) is 9.64. The van der Waals surface area contributed by atoms with E-state index in [0.29, 0.717) is 6.54 Å². The van der Waals surface area contributed by atoms with Crippen LogP contribution >= 0.6 is 0 Å². The molecule has 0 heterocycles. The van der Waals surface area contributed by atoms with Gasteiger partial charge in [-0.25, -0.2) is 0 Å². The van der Waals surface area contributed by atoms with Crippen molar-refractivity contribution < 1.29 is 14.3 Å². The zero-order chi connectivity index (χ0) is 17.4. The van der Waals surface area contributed by atoms with Gasteiger partial charge in [0, 0.05) is 6.54 Å². The molecule has 0 spiro atoms. The zero-order valence-corrected chi connectivity index (χ0v) is 15.1. The molecule has 1 saturated carbocycles. The van der Waals surface area contributed by atoms with E-state index in [1.807, 2.05) is 32.3 Å². The van der Waals surface area contributed by atoms with Crippen LogP contribution in [-0.2, 0) is 9.53 Å². The highest BCUT2D eigenvalue weighted by molar-refractivity contribution is 5.77. The first kappa shape index (κ1) is 18.7. The van der Waals surface area contributed by atoms with Gasteiger partial charge in [0.15, 0.2) is 0 Å². The lowest BCUT2D eigenvalue weighted by molar-refractivity contribution is -0.128. The Balaban J connectivity index is 1.83. The Morgan fingerprint density at radius 2 is 2.04 bits per heavy atom. The van der Waals surface area contributed by atoms with Gasteiger partial charge in [-0.2, -0.15) is 0 Å². The normalized spacial score (nSPS) is 16.8. The van der Waals surface area contributed by atoms with Gasteiger partial charge in [-0.05, 0) is 44.6 Å². The number of ether oxygens (including phenoxy) is 2. The van der Waals surface area contributed by atoms with Gasteiger partial charge in [0.2, 0.25) is 5.91 Å². The van der Waals surface area contributed by atoms with Gasteiger partial charge in [-0.3, -0.25) is 4.79 Å². The smallest absolute Gasteiger partial charge is 0.246 e. The molecular weight excluding hydrogens is 304 g/mol. The lowest BCUT2D eigenvalue weighted by Gasteiger charge is -2.26. The van der Waals surface area contributed by atoms with Crippen molar-refractivity contribution in [1.82, 2.24) is 10.2 Å². The van der Waals surface area contributed by atoms with Gasteiger partial charge in [0.25, 0.3) is 0 Å². The van der Waals surface area contributed by atoms with E-state index in [-0.39, 0.29) is 24.7 Å². The standard InChI is InChI=1S/C19H30N2O3/c1-21(2)18(15-8-7-11-17(12-15)23-3)13-20-19(22)14-24-16-9-5-4-6-10-16/h7-8,11-12,16,18H,4-6,9-10,13-14H2,1-3H3,(H,20,22). The molecule has 0 radical (unpaired) electrons. The summed E-state index contributed by atoms with van der Waals surface area (Å²) in [6, 6.07) is 8.05. The molecule has 1 amide bonds. The highest BCUT2D eigenvalue weighted by atomic mass is 16.5. The summed E-state index contributed by atoms with van der Waals surface area (Å²) in [5.74, 6) is 0.779. The molecule has 1 aliphatic carbocycles. The number of rotatable bonds is 8. The molecule has 1 aromatic rings. The number of nitrogens with zero attached hydrogens (tertiary/aromatic N) is 1. The van der Waals surface area contributed by atoms with Crippen LogP contribution in [0.2, 0.25) is 0 Å². The molecule has 0 aliphatic heterocycles. The fraction of sp³-hybridized carbons (Fsp3) is 0.632. The molecular formula is C19H30N2O3. The fourth-order valence-corrected chi connectivity index (χ4v) is 3.13. The maximum Gasteiger partial charge on any atom is 0.246 e. The van der Waals surface area contributed by atoms with Crippen LogP contribution in [0.3, 0.4) is 0 Å². The van der Waals surface area contributed by atoms with E-state index in [0.717, 1.165) is 24.2 Å². The average Bonchev–Trinajstić information content (AvgIpc) is 2.61. The molecule has 0 bridgehead atoms. The predicted octanol–water partition coefficient (Wildman–Crippen LogP) is 2.76. The molecule has 1 aromatic carbocycles. The van der Waals surface area contributed by atoms with Crippen molar-refractivity contribution in [1.29, 1.82) is 0 Å². The van der Waals surface area contributed by atoms with E-state index in [1.54, 1.807) is 7.11 Å². The molecule has 134 valence electrons. The topological polar surface area (TPSA) is 50.8 Å². The van der Waals surface area contributed by atoms with Crippen LogP contribution in [0.5, 0.6) is 5.75 Å². The number of likely N-dealkylation sites (N-methyl/N-ethyl adjacent to an activating group) is 1. The van der Waals surface area contributed by atoms with Crippen molar-refractivity contribution in [2.24, 2.45) is 0 Å². The molecule has 5 heteroatoms. The average molecular weight is 334 g/mol. The third kappa shape index (κ3) is 5.80. The predicted molar refractivity (Wildman–Crippen MR) is 95.3 cm³/mol. The largest absolute Gasteiger partial charge is 0.497 e. The highest BCUT2D eigenvalue weighted by Gasteiger charge is 2.18. The van der Waals surface area contributed by atoms with Crippen molar-refractivity contribution in [3.63, 3.8) is 0 Å². The van der Waals surface area contributed by atoms with Crippen LogP contribution in [0, 0.1) is 0 Å². The van der Waals surface area contributed by atoms with Crippen LogP contribution in [0.4, 0.5) is 0 Å². The van der Waals surface area contributed by atoms with Crippen molar-refractivity contribution in [2.45, 2.75) is 44.2 Å². The van der Waals surface area contributed by atoms with Gasteiger partial charge in [0.1, 0.15) is 12.4 Å². The van der Waals surface area contributed by atoms with Crippen molar-refractivity contribution in [3.05, 3.63) is 29.8 Å². The first-order valence-electron chi connectivity index (χ1n) is 8.79. The van der Waals surface area contributed by atoms with E-state index in [4.69, 9.17) is 9.47 Å². The monoisotopic (exact) mass is 334 g/mol. The summed E-state index contributed by atoms with van der Waals surface area (Å²) in [5, 5.41) is 2.99. The van der Waals surface area contributed by atoms with Crippen LogP contribution in [0.15, 0.2) is 24.3 Å². The SMILES string of the molecule is COc1cccc(C(CNC(=O)COC2CCCCC2)N(C)C)c1. The summed E-state index contributed by atoms with van der Waals surface area (Å²) < 4.78 is 11.0. The number of amides is 1. The summed E-state index contributed by atoms with van der Waals surface area (Å²) >= 11 is 0. The molecule has 1 atom stereocenters. The maximum atomic E-state index is 12.1. The summed E-state index contributed by atoms with van der Waals surface area (Å²) in [6.45, 7) is 0.704. The Labute approximate surface area is 145 Å². The first-order chi connectivity index (χ1) is 11.6. The number of benzene rings is 1. The van der Waals surface area contributed by atoms with E-state index in [2.05, 4.69) is 16.3 Å². The number of methoxy groups -OCH3 is 1. The Bertz CT molecular complexity index is 513. The van der Waals surface area contributed by atoms with Crippen molar-refractivity contribution in [3.8, 4) is 5.75 Å². The van der Waals surface area contributed by atoms with Gasteiger partial charge >= 0.3 is 0 Å². The summed E-state index contributed by atoms with van der Waals surface area (Å²) in [4.78, 5) is 14.2. The summed E-state index contributed by atoms with van der Waals surface area (Å²) in [7, 11) is 5.68. The van der Waals surface area contributed by atoms with E-state index in [1.165, 1.54) is 19.3 Å². The molecule has 2 rings (SSSR count). The minimum atomic E-state index is -0.0460. The van der Waals surface area contributed by atoms with Crippen LogP contribution in [0.25, 0.3) is 0 Å². The van der Waals surface area contributed by atoms with Crippen molar-refractivity contribution >= 4 is 5.91 Å². The molecule has 1 fully saturated rings. The molecule has 0 saturated heterocycles. The Kier molecular flexibility index (Phi) is 7.53. The summed E-state index contributed by atoms with van der Waals surface area (Å²) in [6.07, 6.45) is 6.13. The molecule has 1 aliphatic rings. The molecule has 24 heavy (non-hydrogen) atoms. The molecule has 1 N–H and O–H groups in total. The number of hydrogen-bond donors (Lipinski definition) is 1. The van der Waals surface area contributed by atoms with Crippen LogP contribution in [-0.4, -0.2) is 51.3 Å². The summed E-state index contributed by atoms with van der Waals surface area (Å²) in [5.41, 5.74) is 1.12. The number of carbonyl (C=O) groups excluding carboxylic acids is 1. The van der Waals surface area contributed by atoms with Crippen LogP contribution < -0.4 is 10.1 Å². The molecule has 0 aromatic heterocycles. The van der Waals surface area contributed by atoms with Gasteiger partial charge in [-0.15, -0.1) is 0 Å². The fourth-order valence-electron chi connectivity index (χ4n) is 3.13. The van der Waals surface area contributed by atoms with Crippen LogP contribution in [0.1, 0.15) is 43.7 Å². The maximum absolute atomic E-state index is 12.1. The Morgan fingerprint density at radius 3 is 2.71 bits per heavy atom.